The lowest BCUT2D eigenvalue weighted by Gasteiger charge is -2.14. The van der Waals surface area contributed by atoms with Crippen LogP contribution in [0.25, 0.3) is 10.9 Å². The third kappa shape index (κ3) is 4.80. The third-order valence-electron chi connectivity index (χ3n) is 4.16. The number of pyridine rings is 1. The summed E-state index contributed by atoms with van der Waals surface area (Å²) in [6, 6.07) is 19.4. The molecule has 0 unspecified atom stereocenters. The van der Waals surface area contributed by atoms with E-state index in [4.69, 9.17) is 12.2 Å². The van der Waals surface area contributed by atoms with Gasteiger partial charge in [-0.3, -0.25) is 20.6 Å². The molecular formula is C21H22N4OS. The molecule has 0 radical (unpaired) electrons. The molecular weight excluding hydrogens is 356 g/mol. The Hall–Kier alpha value is -2.99. The highest BCUT2D eigenvalue weighted by Crippen LogP contribution is 2.22. The predicted molar refractivity (Wildman–Crippen MR) is 112 cm³/mol. The van der Waals surface area contributed by atoms with Gasteiger partial charge >= 0.3 is 0 Å². The summed E-state index contributed by atoms with van der Waals surface area (Å²) in [4.78, 5) is 17.4. The number of hydrogen-bond acceptors (Lipinski definition) is 3. The third-order valence-corrected chi connectivity index (χ3v) is 4.40. The van der Waals surface area contributed by atoms with Crippen molar-refractivity contribution >= 4 is 34.1 Å². The van der Waals surface area contributed by atoms with Crippen LogP contribution in [0.15, 0.2) is 60.7 Å². The Morgan fingerprint density at radius 3 is 2.48 bits per heavy atom. The Kier molecular flexibility index (Phi) is 5.98. The number of hydrazine groups is 1. The van der Waals surface area contributed by atoms with Crippen LogP contribution < -0.4 is 16.2 Å². The lowest BCUT2D eigenvalue weighted by atomic mass is 10.0. The maximum absolute atomic E-state index is 12.7. The van der Waals surface area contributed by atoms with Gasteiger partial charge in [0.15, 0.2) is 5.11 Å². The summed E-state index contributed by atoms with van der Waals surface area (Å²) in [5.74, 6) is -0.0258. The van der Waals surface area contributed by atoms with Gasteiger partial charge in [0.1, 0.15) is 0 Å². The summed E-state index contributed by atoms with van der Waals surface area (Å²) < 4.78 is 0. The topological polar surface area (TPSA) is 66.1 Å². The van der Waals surface area contributed by atoms with E-state index in [1.165, 1.54) is 0 Å². The highest BCUT2D eigenvalue weighted by molar-refractivity contribution is 7.80. The van der Waals surface area contributed by atoms with Gasteiger partial charge in [-0.05, 0) is 35.8 Å². The highest BCUT2D eigenvalue weighted by Gasteiger charge is 2.14. The summed E-state index contributed by atoms with van der Waals surface area (Å²) >= 11 is 5.24. The molecule has 0 spiro atoms. The van der Waals surface area contributed by atoms with Crippen molar-refractivity contribution in [1.29, 1.82) is 0 Å². The van der Waals surface area contributed by atoms with Crippen LogP contribution in [-0.2, 0) is 6.54 Å². The molecule has 0 atom stereocenters. The van der Waals surface area contributed by atoms with Crippen molar-refractivity contribution < 1.29 is 4.79 Å². The Morgan fingerprint density at radius 2 is 1.74 bits per heavy atom. The fraction of sp³-hybridized carbons (Fsp3) is 0.190. The molecule has 2 aromatic carbocycles. The molecule has 0 aliphatic carbocycles. The Bertz CT molecular complexity index is 957. The first-order chi connectivity index (χ1) is 13.0. The molecule has 0 bridgehead atoms. The van der Waals surface area contributed by atoms with Gasteiger partial charge in [-0.1, -0.05) is 62.4 Å². The Labute approximate surface area is 164 Å². The molecule has 3 aromatic rings. The molecule has 0 saturated carbocycles. The molecule has 0 aliphatic rings. The van der Waals surface area contributed by atoms with Crippen molar-refractivity contribution in [3.8, 4) is 0 Å². The minimum absolute atomic E-state index is 0.225. The summed E-state index contributed by atoms with van der Waals surface area (Å²) in [6.07, 6.45) is 0. The first-order valence-corrected chi connectivity index (χ1v) is 9.23. The predicted octanol–water partition coefficient (Wildman–Crippen LogP) is 3.67. The van der Waals surface area contributed by atoms with Crippen molar-refractivity contribution in [3.05, 3.63) is 77.5 Å². The van der Waals surface area contributed by atoms with Crippen molar-refractivity contribution in [3.63, 3.8) is 0 Å². The number of nitrogens with zero attached hydrogens (tertiary/aromatic N) is 1. The van der Waals surface area contributed by atoms with Crippen molar-refractivity contribution in [1.82, 2.24) is 21.2 Å². The Morgan fingerprint density at radius 1 is 1.04 bits per heavy atom. The minimum Gasteiger partial charge on any atom is -0.357 e. The maximum atomic E-state index is 12.7. The summed E-state index contributed by atoms with van der Waals surface area (Å²) in [5, 5.41) is 4.23. The number of rotatable bonds is 4. The number of para-hydroxylation sites is 1. The number of nitrogens with one attached hydrogen (secondary N) is 3. The molecule has 0 fully saturated rings. The first kappa shape index (κ1) is 18.8. The lowest BCUT2D eigenvalue weighted by molar-refractivity contribution is 0.0945. The molecule has 27 heavy (non-hydrogen) atoms. The number of benzene rings is 2. The smallest absolute Gasteiger partial charge is 0.270 e. The standard InChI is InChI=1S/C21H22N4OS/c1-14(2)19-12-17(16-10-6-7-11-18(16)23-19)20(26)24-25-21(27)22-13-15-8-4-3-5-9-15/h3-12,14H,13H2,1-2H3,(H,24,26)(H2,22,25,27). The van der Waals surface area contributed by atoms with Gasteiger partial charge in [0.2, 0.25) is 0 Å². The van der Waals surface area contributed by atoms with Gasteiger partial charge in [0, 0.05) is 17.6 Å². The number of aromatic nitrogens is 1. The number of amides is 1. The van der Waals surface area contributed by atoms with E-state index in [1.807, 2.05) is 60.7 Å². The summed E-state index contributed by atoms with van der Waals surface area (Å²) in [6.45, 7) is 4.69. The van der Waals surface area contributed by atoms with E-state index in [0.29, 0.717) is 17.2 Å². The molecule has 0 saturated heterocycles. The SMILES string of the molecule is CC(C)c1cc(C(=O)NNC(=S)NCc2ccccc2)c2ccccc2n1. The van der Waals surface area contributed by atoms with E-state index in [2.05, 4.69) is 35.0 Å². The highest BCUT2D eigenvalue weighted by atomic mass is 32.1. The van der Waals surface area contributed by atoms with Gasteiger partial charge < -0.3 is 5.32 Å². The van der Waals surface area contributed by atoms with Crippen molar-refractivity contribution in [2.24, 2.45) is 0 Å². The molecule has 3 rings (SSSR count). The van der Waals surface area contributed by atoms with Crippen LogP contribution >= 0.6 is 12.2 Å². The molecule has 3 N–H and O–H groups in total. The number of carbonyl (C=O) groups excluding carboxylic acids is 1. The largest absolute Gasteiger partial charge is 0.357 e. The van der Waals surface area contributed by atoms with Crippen LogP contribution in [0.4, 0.5) is 0 Å². The quantitative estimate of drug-likeness (QED) is 0.478. The zero-order chi connectivity index (χ0) is 19.2. The van der Waals surface area contributed by atoms with E-state index in [-0.39, 0.29) is 11.8 Å². The van der Waals surface area contributed by atoms with Gasteiger partial charge in [0.25, 0.3) is 5.91 Å². The van der Waals surface area contributed by atoms with E-state index in [1.54, 1.807) is 0 Å². The minimum atomic E-state index is -0.251. The summed E-state index contributed by atoms with van der Waals surface area (Å²) in [7, 11) is 0. The van der Waals surface area contributed by atoms with Crippen LogP contribution in [0.1, 0.15) is 41.4 Å². The summed E-state index contributed by atoms with van der Waals surface area (Å²) in [5.41, 5.74) is 8.80. The fourth-order valence-electron chi connectivity index (χ4n) is 2.68. The van der Waals surface area contributed by atoms with Gasteiger partial charge in [-0.2, -0.15) is 0 Å². The molecule has 5 nitrogen and oxygen atoms in total. The van der Waals surface area contributed by atoms with Crippen LogP contribution in [0.5, 0.6) is 0 Å². The van der Waals surface area contributed by atoms with Crippen molar-refractivity contribution in [2.45, 2.75) is 26.3 Å². The van der Waals surface area contributed by atoms with Gasteiger partial charge in [-0.15, -0.1) is 0 Å². The zero-order valence-electron chi connectivity index (χ0n) is 15.3. The normalized spacial score (nSPS) is 10.6. The molecule has 0 aliphatic heterocycles. The molecule has 6 heteroatoms. The average molecular weight is 379 g/mol. The van der Waals surface area contributed by atoms with Crippen LogP contribution in [0.3, 0.4) is 0 Å². The van der Waals surface area contributed by atoms with Crippen LogP contribution in [-0.4, -0.2) is 16.0 Å². The van der Waals surface area contributed by atoms with E-state index < -0.39 is 0 Å². The number of fused-ring (bicyclic) bond motifs is 1. The maximum Gasteiger partial charge on any atom is 0.270 e. The van der Waals surface area contributed by atoms with Gasteiger partial charge in [-0.25, -0.2) is 0 Å². The molecule has 1 amide bonds. The second-order valence-corrected chi connectivity index (χ2v) is 6.92. The molecule has 1 aromatic heterocycles. The van der Waals surface area contributed by atoms with Crippen molar-refractivity contribution in [2.75, 3.05) is 0 Å². The monoisotopic (exact) mass is 378 g/mol. The number of carbonyl (C=O) groups is 1. The first-order valence-electron chi connectivity index (χ1n) is 8.82. The number of hydrogen-bond donors (Lipinski definition) is 3. The van der Waals surface area contributed by atoms with E-state index in [9.17, 15) is 4.79 Å². The average Bonchev–Trinajstić information content (AvgIpc) is 2.70. The lowest BCUT2D eigenvalue weighted by Crippen LogP contribution is -2.46. The zero-order valence-corrected chi connectivity index (χ0v) is 16.1. The van der Waals surface area contributed by atoms with Crippen LogP contribution in [0, 0.1) is 0 Å². The fourth-order valence-corrected chi connectivity index (χ4v) is 2.81. The number of thiocarbonyl (C=S) groups is 1. The van der Waals surface area contributed by atoms with Gasteiger partial charge in [0.05, 0.1) is 11.1 Å². The molecule has 138 valence electrons. The second kappa shape index (κ2) is 8.60. The van der Waals surface area contributed by atoms with Crippen LogP contribution in [0.2, 0.25) is 0 Å². The van der Waals surface area contributed by atoms with E-state index >= 15 is 0 Å². The second-order valence-electron chi connectivity index (χ2n) is 6.51. The molecule has 1 heterocycles. The van der Waals surface area contributed by atoms with E-state index in [0.717, 1.165) is 22.2 Å². The Balaban J connectivity index is 1.68.